The van der Waals surface area contributed by atoms with Crippen LogP contribution in [0.25, 0.3) is 0 Å². The molecule has 2 aromatic heterocycles. The molecule has 32 heavy (non-hydrogen) atoms. The topological polar surface area (TPSA) is 58.6 Å². The Balaban J connectivity index is 1.22. The van der Waals surface area contributed by atoms with Crippen LogP contribution in [-0.4, -0.2) is 57.5 Å². The number of benzene rings is 1. The number of hydrogen-bond acceptors (Lipinski definition) is 5. The van der Waals surface area contributed by atoms with Crippen molar-refractivity contribution in [3.05, 3.63) is 90.5 Å². The van der Waals surface area contributed by atoms with Gasteiger partial charge in [0.2, 0.25) is 5.91 Å². The fourth-order valence-corrected chi connectivity index (χ4v) is 4.85. The molecule has 0 bridgehead atoms. The molecule has 2 aliphatic heterocycles. The van der Waals surface area contributed by atoms with E-state index in [4.69, 9.17) is 4.74 Å². The Labute approximate surface area is 188 Å². The van der Waals surface area contributed by atoms with Gasteiger partial charge >= 0.3 is 0 Å². The van der Waals surface area contributed by atoms with Crippen LogP contribution >= 0.6 is 0 Å². The van der Waals surface area contributed by atoms with Crippen molar-refractivity contribution >= 4 is 5.91 Å². The van der Waals surface area contributed by atoms with E-state index in [2.05, 4.69) is 27.0 Å². The van der Waals surface area contributed by atoms with Crippen LogP contribution in [0.5, 0.6) is 5.75 Å². The van der Waals surface area contributed by atoms with E-state index >= 15 is 0 Å². The van der Waals surface area contributed by atoms with Gasteiger partial charge in [-0.05, 0) is 54.3 Å². The molecule has 0 spiro atoms. The van der Waals surface area contributed by atoms with Crippen molar-refractivity contribution in [2.75, 3.05) is 19.6 Å². The van der Waals surface area contributed by atoms with Gasteiger partial charge in [0.1, 0.15) is 11.9 Å². The Bertz CT molecular complexity index is 1010. The van der Waals surface area contributed by atoms with Gasteiger partial charge in [-0.15, -0.1) is 0 Å². The quantitative estimate of drug-likeness (QED) is 0.601. The molecule has 0 saturated carbocycles. The Morgan fingerprint density at radius 1 is 0.938 bits per heavy atom. The Morgan fingerprint density at radius 2 is 1.72 bits per heavy atom. The number of amides is 1. The Kier molecular flexibility index (Phi) is 6.12. The summed E-state index contributed by atoms with van der Waals surface area (Å²) in [6.45, 7) is 2.50. The van der Waals surface area contributed by atoms with Gasteiger partial charge in [0.25, 0.3) is 0 Å². The van der Waals surface area contributed by atoms with E-state index in [-0.39, 0.29) is 18.1 Å². The number of carbonyl (C=O) groups is 1. The minimum absolute atomic E-state index is 0.116. The molecule has 2 atom stereocenters. The number of piperidine rings is 1. The van der Waals surface area contributed by atoms with E-state index in [0.29, 0.717) is 12.5 Å². The van der Waals surface area contributed by atoms with Crippen molar-refractivity contribution in [1.29, 1.82) is 0 Å². The minimum Gasteiger partial charge on any atom is -0.487 e. The fraction of sp³-hybridized carbons (Fsp3) is 0.346. The summed E-state index contributed by atoms with van der Waals surface area (Å²) >= 11 is 0. The van der Waals surface area contributed by atoms with Crippen molar-refractivity contribution in [2.45, 2.75) is 37.5 Å². The van der Waals surface area contributed by atoms with Crippen molar-refractivity contribution in [3.8, 4) is 5.75 Å². The molecule has 164 valence electrons. The first-order valence-electron chi connectivity index (χ1n) is 11.3. The summed E-state index contributed by atoms with van der Waals surface area (Å²) in [5.41, 5.74) is 2.21. The van der Waals surface area contributed by atoms with Crippen LogP contribution in [0.3, 0.4) is 0 Å². The number of likely N-dealkylation sites (tertiary alicyclic amines) is 2. The maximum Gasteiger partial charge on any atom is 0.227 e. The van der Waals surface area contributed by atoms with Crippen molar-refractivity contribution in [1.82, 2.24) is 19.8 Å². The maximum absolute atomic E-state index is 12.7. The molecule has 2 aliphatic rings. The average molecular weight is 429 g/mol. The van der Waals surface area contributed by atoms with Crippen LogP contribution in [0.4, 0.5) is 0 Å². The number of aromatic nitrogens is 2. The predicted octanol–water partition coefficient (Wildman–Crippen LogP) is 3.51. The number of nitrogens with zero attached hydrogens (tertiary/aromatic N) is 4. The third-order valence-electron chi connectivity index (χ3n) is 6.54. The number of para-hydroxylation sites is 1. The Morgan fingerprint density at radius 3 is 2.44 bits per heavy atom. The third kappa shape index (κ3) is 4.50. The minimum atomic E-state index is 0.116. The molecule has 3 aromatic rings. The summed E-state index contributed by atoms with van der Waals surface area (Å²) in [5.74, 6) is 1.10. The summed E-state index contributed by atoms with van der Waals surface area (Å²) in [6.07, 6.45) is 9.73. The summed E-state index contributed by atoms with van der Waals surface area (Å²) in [6, 6.07) is 18.7. The maximum atomic E-state index is 12.7. The van der Waals surface area contributed by atoms with Crippen molar-refractivity contribution in [3.63, 3.8) is 0 Å². The first-order chi connectivity index (χ1) is 15.8. The number of ether oxygens (including phenoxy) is 1. The van der Waals surface area contributed by atoms with Crippen LogP contribution in [0.15, 0.2) is 79.4 Å². The molecule has 1 aromatic carbocycles. The van der Waals surface area contributed by atoms with Crippen LogP contribution < -0.4 is 4.74 Å². The second-order valence-electron chi connectivity index (χ2n) is 8.54. The third-order valence-corrected chi connectivity index (χ3v) is 6.54. The van der Waals surface area contributed by atoms with Gasteiger partial charge in [-0.2, -0.15) is 0 Å². The van der Waals surface area contributed by atoms with Gasteiger partial charge in [-0.1, -0.05) is 24.3 Å². The Hall–Kier alpha value is -3.25. The van der Waals surface area contributed by atoms with Gasteiger partial charge in [-0.25, -0.2) is 0 Å². The number of carbonyl (C=O) groups excluding carboxylic acids is 1. The van der Waals surface area contributed by atoms with E-state index < -0.39 is 0 Å². The standard InChI is InChI=1S/C26H28N4O2/c31-25(17-20-5-4-12-28-18-20)29-15-10-22(11-16-29)30-19-24(32-23-6-2-1-3-7-23)26(30)21-8-13-27-14-9-21/h1-9,12-14,18,22,24,26H,10-11,15-17,19H2. The van der Waals surface area contributed by atoms with E-state index in [0.717, 1.165) is 43.8 Å². The molecule has 6 heteroatoms. The molecule has 2 unspecified atom stereocenters. The smallest absolute Gasteiger partial charge is 0.227 e. The SMILES string of the molecule is O=C(Cc1cccnc1)N1CCC(N2CC(Oc3ccccc3)C2c2ccncc2)CC1. The van der Waals surface area contributed by atoms with Crippen LogP contribution in [0, 0.1) is 0 Å². The lowest BCUT2D eigenvalue weighted by molar-refractivity contribution is -0.134. The van der Waals surface area contributed by atoms with Gasteiger partial charge in [0.15, 0.2) is 0 Å². The zero-order valence-corrected chi connectivity index (χ0v) is 18.1. The second kappa shape index (κ2) is 9.49. The number of pyridine rings is 2. The van der Waals surface area contributed by atoms with Gasteiger partial charge in [-0.3, -0.25) is 19.7 Å². The molecule has 2 saturated heterocycles. The highest BCUT2D eigenvalue weighted by atomic mass is 16.5. The molecular weight excluding hydrogens is 400 g/mol. The van der Waals surface area contributed by atoms with E-state index in [1.807, 2.05) is 59.8 Å². The van der Waals surface area contributed by atoms with Gasteiger partial charge < -0.3 is 9.64 Å². The van der Waals surface area contributed by atoms with Crippen LogP contribution in [-0.2, 0) is 11.2 Å². The zero-order chi connectivity index (χ0) is 21.8. The van der Waals surface area contributed by atoms with Crippen LogP contribution in [0.1, 0.15) is 30.0 Å². The molecular formula is C26H28N4O2. The number of hydrogen-bond donors (Lipinski definition) is 0. The summed E-state index contributed by atoms with van der Waals surface area (Å²) in [7, 11) is 0. The molecule has 5 rings (SSSR count). The van der Waals surface area contributed by atoms with Gasteiger partial charge in [0, 0.05) is 50.5 Å². The van der Waals surface area contributed by atoms with Crippen molar-refractivity contribution in [2.24, 2.45) is 0 Å². The molecule has 4 heterocycles. The number of rotatable bonds is 6. The highest BCUT2D eigenvalue weighted by Crippen LogP contribution is 2.40. The zero-order valence-electron chi connectivity index (χ0n) is 18.1. The summed E-state index contributed by atoms with van der Waals surface area (Å²) in [5, 5.41) is 0. The lowest BCUT2D eigenvalue weighted by Crippen LogP contribution is -2.61. The monoisotopic (exact) mass is 428 g/mol. The molecule has 2 fully saturated rings. The highest BCUT2D eigenvalue weighted by Gasteiger charge is 2.45. The largest absolute Gasteiger partial charge is 0.487 e. The molecule has 1 amide bonds. The highest BCUT2D eigenvalue weighted by molar-refractivity contribution is 5.78. The molecule has 0 N–H and O–H groups in total. The lowest BCUT2D eigenvalue weighted by Gasteiger charge is -2.53. The first-order valence-corrected chi connectivity index (χ1v) is 11.3. The molecule has 0 radical (unpaired) electrons. The second-order valence-corrected chi connectivity index (χ2v) is 8.54. The van der Waals surface area contributed by atoms with E-state index in [9.17, 15) is 4.79 Å². The summed E-state index contributed by atoms with van der Waals surface area (Å²) in [4.78, 5) is 25.6. The van der Waals surface area contributed by atoms with Crippen LogP contribution in [0.2, 0.25) is 0 Å². The predicted molar refractivity (Wildman–Crippen MR) is 122 cm³/mol. The summed E-state index contributed by atoms with van der Waals surface area (Å²) < 4.78 is 6.33. The van der Waals surface area contributed by atoms with E-state index in [1.165, 1.54) is 5.56 Å². The fourth-order valence-electron chi connectivity index (χ4n) is 4.85. The van der Waals surface area contributed by atoms with Crippen molar-refractivity contribution < 1.29 is 9.53 Å². The molecule has 0 aliphatic carbocycles. The molecule has 6 nitrogen and oxygen atoms in total. The normalized spacial score (nSPS) is 21.7. The first kappa shape index (κ1) is 20.6. The average Bonchev–Trinajstić information content (AvgIpc) is 2.84. The lowest BCUT2D eigenvalue weighted by atomic mass is 9.87. The van der Waals surface area contributed by atoms with Gasteiger partial charge in [0.05, 0.1) is 12.5 Å². The van der Waals surface area contributed by atoms with E-state index in [1.54, 1.807) is 12.4 Å².